The summed E-state index contributed by atoms with van der Waals surface area (Å²) in [6.07, 6.45) is 11.0. The van der Waals surface area contributed by atoms with Crippen molar-refractivity contribution < 1.29 is 19.4 Å². The Morgan fingerprint density at radius 1 is 1.19 bits per heavy atom. The Morgan fingerprint density at radius 2 is 1.96 bits per heavy atom. The highest BCUT2D eigenvalue weighted by molar-refractivity contribution is 7.99. The Hall–Kier alpha value is -0.550. The van der Waals surface area contributed by atoms with Gasteiger partial charge in [0.1, 0.15) is 5.78 Å². The fourth-order valence-electron chi connectivity index (χ4n) is 3.91. The van der Waals surface area contributed by atoms with Crippen LogP contribution in [0.2, 0.25) is 0 Å². The lowest BCUT2D eigenvalue weighted by molar-refractivity contribution is -0.139. The second kappa shape index (κ2) is 14.5. The zero-order valence-electron chi connectivity index (χ0n) is 16.7. The van der Waals surface area contributed by atoms with Crippen LogP contribution in [0, 0.1) is 11.8 Å². The van der Waals surface area contributed by atoms with E-state index in [1.165, 1.54) is 0 Å². The lowest BCUT2D eigenvalue weighted by Gasteiger charge is -2.18. The van der Waals surface area contributed by atoms with Crippen LogP contribution in [0.5, 0.6) is 0 Å². The molecule has 1 fully saturated rings. The first-order valence-electron chi connectivity index (χ1n) is 10.5. The fourth-order valence-corrected chi connectivity index (χ4v) is 4.71. The number of unbranched alkanes of at least 4 members (excludes halogenated alkanes) is 2. The molecular formula is C21H38O4S. The topological polar surface area (TPSA) is 63.6 Å². The minimum Gasteiger partial charge on any atom is -0.465 e. The maximum atomic E-state index is 12.2. The molecule has 0 heterocycles. The Kier molecular flexibility index (Phi) is 13.1. The Morgan fingerprint density at radius 3 is 2.69 bits per heavy atom. The number of carbonyl (C=O) groups is 2. The van der Waals surface area contributed by atoms with E-state index in [1.807, 2.05) is 6.92 Å². The minimum atomic E-state index is -0.145. The molecule has 0 radical (unpaired) electrons. The molecule has 0 spiro atoms. The lowest BCUT2D eigenvalue weighted by Crippen LogP contribution is -2.15. The second-order valence-electron chi connectivity index (χ2n) is 7.45. The molecule has 26 heavy (non-hydrogen) atoms. The van der Waals surface area contributed by atoms with Crippen LogP contribution in [-0.4, -0.2) is 41.1 Å². The highest BCUT2D eigenvalue weighted by Gasteiger charge is 2.33. The molecule has 1 saturated carbocycles. The molecule has 5 heteroatoms. The molecule has 1 aliphatic carbocycles. The molecule has 4 nitrogen and oxygen atoms in total. The normalized spacial score (nSPS) is 21.1. The molecule has 0 aromatic heterocycles. The fraction of sp³-hybridized carbons (Fsp3) is 0.905. The Balaban J connectivity index is 2.13. The molecule has 0 saturated heterocycles. The van der Waals surface area contributed by atoms with Crippen molar-refractivity contribution in [2.45, 2.75) is 90.6 Å². The first kappa shape index (κ1) is 23.5. The van der Waals surface area contributed by atoms with Gasteiger partial charge < -0.3 is 9.84 Å². The number of Topliss-reactive ketones (excluding diaryl/α,β-unsaturated/α-hetero) is 1. The number of aliphatic hydroxyl groups is 1. The van der Waals surface area contributed by atoms with Gasteiger partial charge in [0.05, 0.1) is 18.5 Å². The molecule has 1 rings (SSSR count). The van der Waals surface area contributed by atoms with Gasteiger partial charge in [-0.1, -0.05) is 32.6 Å². The van der Waals surface area contributed by atoms with Gasteiger partial charge in [0.25, 0.3) is 0 Å². The van der Waals surface area contributed by atoms with Gasteiger partial charge >= 0.3 is 5.97 Å². The number of rotatable bonds is 15. The molecule has 1 N–H and O–H groups in total. The summed E-state index contributed by atoms with van der Waals surface area (Å²) in [5.74, 6) is 2.53. The average molecular weight is 387 g/mol. The van der Waals surface area contributed by atoms with Crippen LogP contribution in [0.1, 0.15) is 84.5 Å². The van der Waals surface area contributed by atoms with E-state index in [1.54, 1.807) is 11.8 Å². The monoisotopic (exact) mass is 386 g/mol. The summed E-state index contributed by atoms with van der Waals surface area (Å²) in [4.78, 5) is 23.5. The van der Waals surface area contributed by atoms with E-state index in [0.29, 0.717) is 24.1 Å². The lowest BCUT2D eigenvalue weighted by atomic mass is 9.86. The first-order chi connectivity index (χ1) is 12.6. The predicted octanol–water partition coefficient (Wildman–Crippen LogP) is 4.77. The van der Waals surface area contributed by atoms with E-state index in [-0.39, 0.29) is 18.0 Å². The summed E-state index contributed by atoms with van der Waals surface area (Å²) in [6, 6.07) is 0. The summed E-state index contributed by atoms with van der Waals surface area (Å²) in [5, 5.41) is 9.80. The molecule has 0 aromatic carbocycles. The van der Waals surface area contributed by atoms with Crippen LogP contribution >= 0.6 is 11.8 Å². The van der Waals surface area contributed by atoms with E-state index in [9.17, 15) is 14.7 Å². The zero-order valence-corrected chi connectivity index (χ0v) is 17.5. The van der Waals surface area contributed by atoms with Gasteiger partial charge in [0.15, 0.2) is 0 Å². The van der Waals surface area contributed by atoms with E-state index in [4.69, 9.17) is 4.74 Å². The molecule has 0 aromatic rings. The third-order valence-electron chi connectivity index (χ3n) is 5.31. The summed E-state index contributed by atoms with van der Waals surface area (Å²) < 4.78 is 4.91. The van der Waals surface area contributed by atoms with Gasteiger partial charge in [-0.2, -0.15) is 11.8 Å². The number of thioether (sulfide) groups is 1. The Labute approximate surface area is 163 Å². The van der Waals surface area contributed by atoms with Crippen LogP contribution in [0.25, 0.3) is 0 Å². The third kappa shape index (κ3) is 9.96. The third-order valence-corrected chi connectivity index (χ3v) is 6.32. The van der Waals surface area contributed by atoms with E-state index < -0.39 is 0 Å². The van der Waals surface area contributed by atoms with Crippen molar-refractivity contribution in [2.24, 2.45) is 11.8 Å². The molecule has 0 aliphatic heterocycles. The summed E-state index contributed by atoms with van der Waals surface area (Å²) in [7, 11) is 0. The summed E-state index contributed by atoms with van der Waals surface area (Å²) in [6.45, 7) is 4.38. The Bertz CT molecular complexity index is 399. The predicted molar refractivity (Wildman–Crippen MR) is 108 cm³/mol. The van der Waals surface area contributed by atoms with Crippen LogP contribution < -0.4 is 0 Å². The van der Waals surface area contributed by atoms with Crippen LogP contribution in [0.15, 0.2) is 0 Å². The highest BCUT2D eigenvalue weighted by Crippen LogP contribution is 2.36. The van der Waals surface area contributed by atoms with Crippen molar-refractivity contribution in [3.63, 3.8) is 0 Å². The number of ketones is 1. The van der Waals surface area contributed by atoms with Crippen molar-refractivity contribution in [3.05, 3.63) is 0 Å². The number of hydrogen-bond acceptors (Lipinski definition) is 5. The summed E-state index contributed by atoms with van der Waals surface area (Å²) in [5.41, 5.74) is 0. The largest absolute Gasteiger partial charge is 0.465 e. The van der Waals surface area contributed by atoms with E-state index in [0.717, 1.165) is 76.4 Å². The van der Waals surface area contributed by atoms with E-state index >= 15 is 0 Å². The van der Waals surface area contributed by atoms with Gasteiger partial charge in [0, 0.05) is 12.3 Å². The standard InChI is InChI=1S/C21H38O4S/c1-3-9-18(22)11-6-5-10-17-13-14-20(23)19(17)12-7-8-15-26-16-21(24)25-4-2/h17-19,22H,3-16H2,1-2H3/t17-,18?,19+/m0/s1. The number of hydrogen-bond donors (Lipinski definition) is 1. The highest BCUT2D eigenvalue weighted by atomic mass is 32.2. The van der Waals surface area contributed by atoms with Crippen LogP contribution in [0.4, 0.5) is 0 Å². The van der Waals surface area contributed by atoms with Gasteiger partial charge in [0.2, 0.25) is 0 Å². The number of esters is 1. The quantitative estimate of drug-likeness (QED) is 0.324. The molecule has 1 aliphatic rings. The number of ether oxygens (including phenoxy) is 1. The molecule has 0 bridgehead atoms. The van der Waals surface area contributed by atoms with Crippen LogP contribution in [-0.2, 0) is 14.3 Å². The number of carbonyl (C=O) groups excluding carboxylic acids is 2. The van der Waals surface area contributed by atoms with Crippen molar-refractivity contribution in [1.29, 1.82) is 0 Å². The number of aliphatic hydroxyl groups excluding tert-OH is 1. The molecule has 1 unspecified atom stereocenters. The molecule has 0 amide bonds. The molecular weight excluding hydrogens is 348 g/mol. The van der Waals surface area contributed by atoms with Gasteiger partial charge in [-0.15, -0.1) is 0 Å². The minimum absolute atomic E-state index is 0.132. The first-order valence-corrected chi connectivity index (χ1v) is 11.7. The SMILES string of the molecule is CCCC(O)CCCC[C@H]1CCC(=O)[C@@H]1CCCCSCC(=O)OCC. The smallest absolute Gasteiger partial charge is 0.315 e. The van der Waals surface area contributed by atoms with Gasteiger partial charge in [-0.05, 0) is 57.1 Å². The van der Waals surface area contributed by atoms with Crippen LogP contribution in [0.3, 0.4) is 0 Å². The van der Waals surface area contributed by atoms with Gasteiger partial charge in [-0.25, -0.2) is 0 Å². The average Bonchev–Trinajstić information content (AvgIpc) is 2.95. The summed E-state index contributed by atoms with van der Waals surface area (Å²) >= 11 is 1.63. The van der Waals surface area contributed by atoms with Crippen molar-refractivity contribution in [1.82, 2.24) is 0 Å². The van der Waals surface area contributed by atoms with Crippen molar-refractivity contribution in [2.75, 3.05) is 18.1 Å². The van der Waals surface area contributed by atoms with Crippen molar-refractivity contribution >= 4 is 23.5 Å². The van der Waals surface area contributed by atoms with Crippen molar-refractivity contribution in [3.8, 4) is 0 Å². The molecule has 152 valence electrons. The van der Waals surface area contributed by atoms with E-state index in [2.05, 4.69) is 6.92 Å². The second-order valence-corrected chi connectivity index (χ2v) is 8.56. The molecule has 3 atom stereocenters. The van der Waals surface area contributed by atoms with Gasteiger partial charge in [-0.3, -0.25) is 9.59 Å². The maximum absolute atomic E-state index is 12.2. The maximum Gasteiger partial charge on any atom is 0.315 e. The zero-order chi connectivity index (χ0) is 19.2.